The fourth-order valence-electron chi connectivity index (χ4n) is 4.15. The lowest BCUT2D eigenvalue weighted by Crippen LogP contribution is -2.53. The highest BCUT2D eigenvalue weighted by molar-refractivity contribution is 5.88. The van der Waals surface area contributed by atoms with Gasteiger partial charge in [-0.25, -0.2) is 14.8 Å². The van der Waals surface area contributed by atoms with Gasteiger partial charge in [-0.1, -0.05) is 30.3 Å². The van der Waals surface area contributed by atoms with Crippen LogP contribution in [0.15, 0.2) is 36.5 Å². The Hall–Kier alpha value is -3.55. The number of carbonyl (C=O) groups is 1. The van der Waals surface area contributed by atoms with Crippen LogP contribution in [0.3, 0.4) is 0 Å². The first-order valence-corrected chi connectivity index (χ1v) is 10.8. The van der Waals surface area contributed by atoms with E-state index in [9.17, 15) is 9.90 Å². The highest BCUT2D eigenvalue weighted by atomic mass is 16.4. The fourth-order valence-corrected chi connectivity index (χ4v) is 4.15. The second kappa shape index (κ2) is 8.90. The van der Waals surface area contributed by atoms with Crippen LogP contribution >= 0.6 is 0 Å². The van der Waals surface area contributed by atoms with Crippen molar-refractivity contribution in [2.75, 3.05) is 29.4 Å². The zero-order valence-corrected chi connectivity index (χ0v) is 18.9. The van der Waals surface area contributed by atoms with Crippen LogP contribution in [0, 0.1) is 20.8 Å². The summed E-state index contributed by atoms with van der Waals surface area (Å²) in [5.41, 5.74) is 5.18. The molecule has 2 aromatic heterocycles. The summed E-state index contributed by atoms with van der Waals surface area (Å²) in [6.45, 7) is 10.3. The Bertz CT molecular complexity index is 1130. The van der Waals surface area contributed by atoms with Gasteiger partial charge in [-0.2, -0.15) is 5.10 Å². The first-order chi connectivity index (χ1) is 15.3. The maximum Gasteiger partial charge on any atom is 0.339 e. The topological polar surface area (TPSA) is 95.3 Å². The second-order valence-electron chi connectivity index (χ2n) is 8.35. The quantitative estimate of drug-likeness (QED) is 0.657. The van der Waals surface area contributed by atoms with Crippen molar-refractivity contribution >= 4 is 17.7 Å². The van der Waals surface area contributed by atoms with E-state index in [1.807, 2.05) is 18.2 Å². The molecule has 32 heavy (non-hydrogen) atoms. The molecule has 0 amide bonds. The number of hydrogen-bond donors (Lipinski definition) is 1. The van der Waals surface area contributed by atoms with E-state index in [0.717, 1.165) is 43.1 Å². The smallest absolute Gasteiger partial charge is 0.339 e. The maximum absolute atomic E-state index is 11.2. The molecule has 1 N–H and O–H groups in total. The third-order valence-corrected chi connectivity index (χ3v) is 6.19. The zero-order chi connectivity index (χ0) is 22.8. The molecule has 4 rings (SSSR count). The number of piperazine rings is 1. The number of benzene rings is 1. The van der Waals surface area contributed by atoms with Crippen molar-refractivity contribution in [1.29, 1.82) is 0 Å². The van der Waals surface area contributed by atoms with Gasteiger partial charge in [-0.15, -0.1) is 5.10 Å². The number of rotatable bonds is 5. The van der Waals surface area contributed by atoms with Crippen molar-refractivity contribution in [3.05, 3.63) is 70.2 Å². The van der Waals surface area contributed by atoms with Crippen molar-refractivity contribution in [3.8, 4) is 0 Å². The number of aromatic nitrogens is 4. The second-order valence-corrected chi connectivity index (χ2v) is 8.35. The molecule has 0 saturated carbocycles. The Morgan fingerprint density at radius 3 is 2.50 bits per heavy atom. The van der Waals surface area contributed by atoms with Crippen LogP contribution in [0.4, 0.5) is 11.8 Å². The van der Waals surface area contributed by atoms with Gasteiger partial charge in [0.05, 0.1) is 17.0 Å². The van der Waals surface area contributed by atoms with Crippen LogP contribution in [0.1, 0.15) is 45.4 Å². The molecular formula is C24H28N6O2. The van der Waals surface area contributed by atoms with Crippen LogP contribution in [-0.4, -0.2) is 56.9 Å². The molecule has 1 aliphatic rings. The number of carboxylic acid groups (broad SMARTS) is 1. The fraction of sp³-hybridized carbons (Fsp3) is 0.375. The standard InChI is InChI=1S/C24H28N6O2/c1-15-14-29(10-11-30(15)24-25-13-20(23(31)32)18(4)26-24)22-17(3)16(2)21(27-28-22)12-19-8-6-5-7-9-19/h5-9,13,15H,10-12,14H2,1-4H3,(H,31,32)/t15-/m1/s1. The van der Waals surface area contributed by atoms with Gasteiger partial charge in [0.25, 0.3) is 0 Å². The minimum absolute atomic E-state index is 0.136. The third-order valence-electron chi connectivity index (χ3n) is 6.19. The lowest BCUT2D eigenvalue weighted by molar-refractivity contribution is 0.0695. The summed E-state index contributed by atoms with van der Waals surface area (Å²) in [5, 5.41) is 18.4. The zero-order valence-electron chi connectivity index (χ0n) is 18.9. The van der Waals surface area contributed by atoms with E-state index in [-0.39, 0.29) is 11.6 Å². The Kier molecular flexibility index (Phi) is 6.03. The SMILES string of the molecule is Cc1nc(N2CCN(c3nnc(Cc4ccccc4)c(C)c3C)C[C@H]2C)ncc1C(=O)O. The van der Waals surface area contributed by atoms with Crippen LogP contribution in [0.2, 0.25) is 0 Å². The summed E-state index contributed by atoms with van der Waals surface area (Å²) in [6.07, 6.45) is 2.16. The minimum atomic E-state index is -1.01. The molecule has 0 bridgehead atoms. The minimum Gasteiger partial charge on any atom is -0.478 e. The summed E-state index contributed by atoms with van der Waals surface area (Å²) >= 11 is 0. The first-order valence-electron chi connectivity index (χ1n) is 10.8. The average molecular weight is 433 g/mol. The van der Waals surface area contributed by atoms with E-state index < -0.39 is 5.97 Å². The van der Waals surface area contributed by atoms with E-state index in [2.05, 4.69) is 62.9 Å². The summed E-state index contributed by atoms with van der Waals surface area (Å²) in [6, 6.07) is 10.5. The Labute approximate surface area is 188 Å². The molecule has 0 aliphatic carbocycles. The Morgan fingerprint density at radius 2 is 1.84 bits per heavy atom. The largest absolute Gasteiger partial charge is 0.478 e. The summed E-state index contributed by atoms with van der Waals surface area (Å²) < 4.78 is 0. The van der Waals surface area contributed by atoms with E-state index >= 15 is 0 Å². The van der Waals surface area contributed by atoms with E-state index in [0.29, 0.717) is 11.6 Å². The average Bonchev–Trinajstić information content (AvgIpc) is 2.77. The Balaban J connectivity index is 1.50. The highest BCUT2D eigenvalue weighted by Crippen LogP contribution is 2.26. The van der Waals surface area contributed by atoms with E-state index in [1.54, 1.807) is 6.92 Å². The predicted octanol–water partition coefficient (Wildman–Crippen LogP) is 3.20. The van der Waals surface area contributed by atoms with Gasteiger partial charge in [0, 0.05) is 38.3 Å². The van der Waals surface area contributed by atoms with Crippen molar-refractivity contribution in [1.82, 2.24) is 20.2 Å². The molecule has 166 valence electrons. The molecule has 0 radical (unpaired) electrons. The van der Waals surface area contributed by atoms with Crippen LogP contribution < -0.4 is 9.80 Å². The highest BCUT2D eigenvalue weighted by Gasteiger charge is 2.28. The maximum atomic E-state index is 11.2. The van der Waals surface area contributed by atoms with Crippen molar-refractivity contribution in [3.63, 3.8) is 0 Å². The molecule has 1 aliphatic heterocycles. The van der Waals surface area contributed by atoms with Crippen LogP contribution in [-0.2, 0) is 6.42 Å². The molecule has 8 heteroatoms. The number of aryl methyl sites for hydroxylation is 1. The van der Waals surface area contributed by atoms with Crippen molar-refractivity contribution in [2.45, 2.75) is 40.2 Å². The number of aromatic carboxylic acids is 1. The number of hydrogen-bond acceptors (Lipinski definition) is 7. The molecule has 1 atom stereocenters. The predicted molar refractivity (Wildman–Crippen MR) is 124 cm³/mol. The van der Waals surface area contributed by atoms with Gasteiger partial charge in [-0.05, 0) is 44.4 Å². The molecule has 0 unspecified atom stereocenters. The Morgan fingerprint density at radius 1 is 1.09 bits per heavy atom. The van der Waals surface area contributed by atoms with E-state index in [4.69, 9.17) is 0 Å². The molecule has 3 aromatic rings. The molecule has 8 nitrogen and oxygen atoms in total. The van der Waals surface area contributed by atoms with Gasteiger partial charge >= 0.3 is 5.97 Å². The molecule has 1 aromatic carbocycles. The van der Waals surface area contributed by atoms with Gasteiger partial charge in [-0.3, -0.25) is 0 Å². The molecule has 0 spiro atoms. The van der Waals surface area contributed by atoms with Gasteiger partial charge in [0.15, 0.2) is 5.82 Å². The number of carboxylic acids is 1. The number of anilines is 2. The lowest BCUT2D eigenvalue weighted by atomic mass is 10.0. The van der Waals surface area contributed by atoms with Crippen molar-refractivity contribution < 1.29 is 9.90 Å². The van der Waals surface area contributed by atoms with Gasteiger partial charge < -0.3 is 14.9 Å². The van der Waals surface area contributed by atoms with Crippen LogP contribution in [0.5, 0.6) is 0 Å². The lowest BCUT2D eigenvalue weighted by Gasteiger charge is -2.40. The van der Waals surface area contributed by atoms with Gasteiger partial charge in [0.1, 0.15) is 0 Å². The molecular weight excluding hydrogens is 404 g/mol. The summed E-state index contributed by atoms with van der Waals surface area (Å²) in [7, 11) is 0. The molecule has 3 heterocycles. The van der Waals surface area contributed by atoms with Crippen LogP contribution in [0.25, 0.3) is 0 Å². The molecule has 1 saturated heterocycles. The summed E-state index contributed by atoms with van der Waals surface area (Å²) in [5.74, 6) is 0.480. The first kappa shape index (κ1) is 21.7. The van der Waals surface area contributed by atoms with Gasteiger partial charge in [0.2, 0.25) is 5.95 Å². The monoisotopic (exact) mass is 432 g/mol. The third kappa shape index (κ3) is 4.26. The summed E-state index contributed by atoms with van der Waals surface area (Å²) in [4.78, 5) is 24.4. The number of nitrogens with zero attached hydrogens (tertiary/aromatic N) is 6. The normalized spacial score (nSPS) is 16.3. The van der Waals surface area contributed by atoms with Crippen molar-refractivity contribution in [2.24, 2.45) is 0 Å². The molecule has 1 fully saturated rings. The van der Waals surface area contributed by atoms with E-state index in [1.165, 1.54) is 17.3 Å².